The number of nitriles is 1. The Morgan fingerprint density at radius 1 is 1.47 bits per heavy atom. The summed E-state index contributed by atoms with van der Waals surface area (Å²) >= 11 is 0. The van der Waals surface area contributed by atoms with Crippen LogP contribution in [-0.2, 0) is 14.6 Å². The van der Waals surface area contributed by atoms with Gasteiger partial charge in [0.05, 0.1) is 11.8 Å². The Kier molecular flexibility index (Phi) is 3.96. The molecule has 1 aromatic heterocycles. The van der Waals surface area contributed by atoms with Gasteiger partial charge in [-0.2, -0.15) is 5.26 Å². The molecule has 0 amide bonds. The summed E-state index contributed by atoms with van der Waals surface area (Å²) in [5.41, 5.74) is 0.454. The average Bonchev–Trinajstić information content (AvgIpc) is 2.40. The van der Waals surface area contributed by atoms with Crippen LogP contribution in [0.25, 0.3) is 0 Å². The van der Waals surface area contributed by atoms with Crippen LogP contribution in [0, 0.1) is 11.3 Å². The molecule has 0 radical (unpaired) electrons. The number of hydrogen-bond acceptors (Lipinski definition) is 5. The number of aromatic nitrogens is 1. The Balaban J connectivity index is 2.30. The van der Waals surface area contributed by atoms with E-state index in [0.717, 1.165) is 0 Å². The van der Waals surface area contributed by atoms with Gasteiger partial charge in [0.15, 0.2) is 15.6 Å². The van der Waals surface area contributed by atoms with E-state index in [-0.39, 0.29) is 5.75 Å². The first kappa shape index (κ1) is 13.7. The first-order valence-corrected chi connectivity index (χ1v) is 7.82. The van der Waals surface area contributed by atoms with Crippen molar-refractivity contribution in [1.29, 1.82) is 5.26 Å². The third-order valence-corrected chi connectivity index (χ3v) is 5.52. The molecule has 2 atom stereocenters. The molecule has 0 bridgehead atoms. The molecule has 1 aliphatic heterocycles. The zero-order valence-corrected chi connectivity index (χ0v) is 11.1. The van der Waals surface area contributed by atoms with Gasteiger partial charge in [-0.3, -0.25) is 9.78 Å². The molecule has 2 heterocycles. The van der Waals surface area contributed by atoms with Gasteiger partial charge in [0.25, 0.3) is 0 Å². The van der Waals surface area contributed by atoms with Gasteiger partial charge < -0.3 is 0 Å². The SMILES string of the molecule is N#CC(C(=O)C1CCCCS1(=O)=O)c1cccnc1. The first-order chi connectivity index (χ1) is 9.06. The number of pyridine rings is 1. The minimum absolute atomic E-state index is 0.0363. The molecule has 2 rings (SSSR count). The van der Waals surface area contributed by atoms with Gasteiger partial charge in [0, 0.05) is 12.4 Å². The van der Waals surface area contributed by atoms with E-state index in [4.69, 9.17) is 5.26 Å². The molecule has 1 saturated heterocycles. The summed E-state index contributed by atoms with van der Waals surface area (Å²) in [5, 5.41) is 8.12. The Labute approximate surface area is 112 Å². The minimum atomic E-state index is -3.41. The third kappa shape index (κ3) is 2.82. The molecule has 0 spiro atoms. The quantitative estimate of drug-likeness (QED) is 0.829. The van der Waals surface area contributed by atoms with Crippen molar-refractivity contribution < 1.29 is 13.2 Å². The van der Waals surface area contributed by atoms with E-state index in [9.17, 15) is 13.2 Å². The molecule has 0 saturated carbocycles. The van der Waals surface area contributed by atoms with E-state index in [1.54, 1.807) is 18.3 Å². The molecule has 0 aliphatic carbocycles. The summed E-state index contributed by atoms with van der Waals surface area (Å²) in [4.78, 5) is 16.2. The fourth-order valence-electron chi connectivity index (χ4n) is 2.31. The van der Waals surface area contributed by atoms with Crippen LogP contribution >= 0.6 is 0 Å². The van der Waals surface area contributed by atoms with Crippen molar-refractivity contribution in [3.05, 3.63) is 30.1 Å². The lowest BCUT2D eigenvalue weighted by Gasteiger charge is -2.22. The van der Waals surface area contributed by atoms with E-state index >= 15 is 0 Å². The Bertz CT molecular complexity index is 605. The Morgan fingerprint density at radius 3 is 2.84 bits per heavy atom. The van der Waals surface area contributed by atoms with E-state index in [0.29, 0.717) is 24.8 Å². The number of carbonyl (C=O) groups is 1. The van der Waals surface area contributed by atoms with Crippen molar-refractivity contribution in [1.82, 2.24) is 4.98 Å². The second kappa shape index (κ2) is 5.49. The molecule has 19 heavy (non-hydrogen) atoms. The lowest BCUT2D eigenvalue weighted by atomic mass is 9.93. The van der Waals surface area contributed by atoms with Gasteiger partial charge >= 0.3 is 0 Å². The maximum atomic E-state index is 12.3. The average molecular weight is 278 g/mol. The predicted molar refractivity (Wildman–Crippen MR) is 69.0 cm³/mol. The molecule has 0 aromatic carbocycles. The number of carbonyl (C=O) groups excluding carboxylic acids is 1. The molecule has 1 aliphatic rings. The number of Topliss-reactive ketones (excluding diaryl/α,β-unsaturated/α-hetero) is 1. The molecule has 1 fully saturated rings. The summed E-state index contributed by atoms with van der Waals surface area (Å²) in [6, 6.07) is 5.15. The van der Waals surface area contributed by atoms with Crippen LogP contribution in [-0.4, -0.2) is 30.2 Å². The van der Waals surface area contributed by atoms with Crippen LogP contribution in [0.5, 0.6) is 0 Å². The van der Waals surface area contributed by atoms with Gasteiger partial charge in [0.2, 0.25) is 0 Å². The maximum Gasteiger partial charge on any atom is 0.172 e. The van der Waals surface area contributed by atoms with Crippen LogP contribution in [0.15, 0.2) is 24.5 Å². The molecule has 5 nitrogen and oxygen atoms in total. The third-order valence-electron chi connectivity index (χ3n) is 3.33. The van der Waals surface area contributed by atoms with E-state index in [1.807, 2.05) is 6.07 Å². The molecule has 0 N–H and O–H groups in total. The van der Waals surface area contributed by atoms with Gasteiger partial charge in [-0.25, -0.2) is 8.42 Å². The van der Waals surface area contributed by atoms with Gasteiger partial charge in [-0.15, -0.1) is 0 Å². The maximum absolute atomic E-state index is 12.3. The topological polar surface area (TPSA) is 87.9 Å². The smallest absolute Gasteiger partial charge is 0.172 e. The standard InChI is InChI=1S/C13H14N2O3S/c14-8-11(10-4-3-6-15-9-10)13(16)12-5-1-2-7-19(12,17)18/h3-4,6,9,11-12H,1-2,5,7H2. The van der Waals surface area contributed by atoms with Gasteiger partial charge in [-0.1, -0.05) is 12.5 Å². The number of sulfone groups is 1. The number of hydrogen-bond donors (Lipinski definition) is 0. The highest BCUT2D eigenvalue weighted by molar-refractivity contribution is 7.92. The Hall–Kier alpha value is -1.74. The normalized spacial score (nSPS) is 23.2. The van der Waals surface area contributed by atoms with Crippen molar-refractivity contribution in [2.45, 2.75) is 30.4 Å². The number of rotatable bonds is 3. The van der Waals surface area contributed by atoms with Gasteiger partial charge in [-0.05, 0) is 24.5 Å². The highest BCUT2D eigenvalue weighted by atomic mass is 32.2. The zero-order valence-electron chi connectivity index (χ0n) is 10.3. The van der Waals surface area contributed by atoms with E-state index in [2.05, 4.69) is 4.98 Å². The summed E-state index contributed by atoms with van der Waals surface area (Å²) < 4.78 is 23.9. The largest absolute Gasteiger partial charge is 0.296 e. The molecule has 100 valence electrons. The van der Waals surface area contributed by atoms with Crippen molar-refractivity contribution in [2.24, 2.45) is 0 Å². The summed E-state index contributed by atoms with van der Waals surface area (Å²) in [6.45, 7) is 0. The van der Waals surface area contributed by atoms with Crippen LogP contribution in [0.3, 0.4) is 0 Å². The summed E-state index contributed by atoms with van der Waals surface area (Å²) in [7, 11) is -3.41. The highest BCUT2D eigenvalue weighted by Crippen LogP contribution is 2.26. The highest BCUT2D eigenvalue weighted by Gasteiger charge is 2.38. The zero-order chi connectivity index (χ0) is 13.9. The molecule has 1 aromatic rings. The van der Waals surface area contributed by atoms with Crippen molar-refractivity contribution >= 4 is 15.6 Å². The summed E-state index contributed by atoms with van der Waals surface area (Å²) in [5.74, 6) is -1.53. The van der Waals surface area contributed by atoms with E-state index < -0.39 is 26.8 Å². The fraction of sp³-hybridized carbons (Fsp3) is 0.462. The van der Waals surface area contributed by atoms with Crippen molar-refractivity contribution in [3.63, 3.8) is 0 Å². The van der Waals surface area contributed by atoms with E-state index in [1.165, 1.54) is 6.20 Å². The fourth-order valence-corrected chi connectivity index (χ4v) is 4.22. The monoisotopic (exact) mass is 278 g/mol. The second-order valence-corrected chi connectivity index (χ2v) is 6.91. The molecule has 6 heteroatoms. The minimum Gasteiger partial charge on any atom is -0.296 e. The van der Waals surface area contributed by atoms with Crippen LogP contribution in [0.2, 0.25) is 0 Å². The number of nitrogens with zero attached hydrogens (tertiary/aromatic N) is 2. The van der Waals surface area contributed by atoms with Crippen LogP contribution < -0.4 is 0 Å². The molecule has 2 unspecified atom stereocenters. The van der Waals surface area contributed by atoms with Crippen LogP contribution in [0.4, 0.5) is 0 Å². The second-order valence-electron chi connectivity index (χ2n) is 4.60. The molecular formula is C13H14N2O3S. The summed E-state index contributed by atoms with van der Waals surface area (Å²) in [6.07, 6.45) is 4.59. The molecular weight excluding hydrogens is 264 g/mol. The predicted octanol–water partition coefficient (Wildman–Crippen LogP) is 1.23. The lowest BCUT2D eigenvalue weighted by Crippen LogP contribution is -2.38. The van der Waals surface area contributed by atoms with Crippen LogP contribution in [0.1, 0.15) is 30.7 Å². The van der Waals surface area contributed by atoms with Crippen molar-refractivity contribution in [2.75, 3.05) is 5.75 Å². The first-order valence-electron chi connectivity index (χ1n) is 6.11. The van der Waals surface area contributed by atoms with Crippen molar-refractivity contribution in [3.8, 4) is 6.07 Å². The number of ketones is 1. The lowest BCUT2D eigenvalue weighted by molar-refractivity contribution is -0.119. The Morgan fingerprint density at radius 2 is 2.26 bits per heavy atom. The van der Waals surface area contributed by atoms with Gasteiger partial charge in [0.1, 0.15) is 11.2 Å².